The Morgan fingerprint density at radius 3 is 2.89 bits per heavy atom. The van der Waals surface area contributed by atoms with E-state index in [0.717, 1.165) is 43.3 Å². The first-order valence-electron chi connectivity index (χ1n) is 9.60. The minimum absolute atomic E-state index is 0.0629. The Labute approximate surface area is 162 Å². The van der Waals surface area contributed by atoms with Crippen LogP contribution in [0, 0.1) is 11.6 Å². The van der Waals surface area contributed by atoms with Crippen LogP contribution in [0.2, 0.25) is 0 Å². The van der Waals surface area contributed by atoms with Crippen molar-refractivity contribution in [3.63, 3.8) is 0 Å². The normalized spacial score (nSPS) is 28.4. The van der Waals surface area contributed by atoms with Gasteiger partial charge in [0.15, 0.2) is 0 Å². The van der Waals surface area contributed by atoms with Gasteiger partial charge in [0.05, 0.1) is 13.7 Å². The number of amides is 1. The number of ether oxygens (including phenoxy) is 2. The first-order valence-corrected chi connectivity index (χ1v) is 9.60. The van der Waals surface area contributed by atoms with E-state index in [-0.39, 0.29) is 17.7 Å². The number of hydrogen-bond acceptors (Lipinski definition) is 5. The molecular formula is C20H25F2N3O3. The molecule has 0 saturated carbocycles. The van der Waals surface area contributed by atoms with Gasteiger partial charge in [0, 0.05) is 43.0 Å². The van der Waals surface area contributed by atoms with Crippen LogP contribution < -0.4 is 5.73 Å². The van der Waals surface area contributed by atoms with Gasteiger partial charge in [-0.15, -0.1) is 0 Å². The second-order valence-corrected chi connectivity index (χ2v) is 7.65. The summed E-state index contributed by atoms with van der Waals surface area (Å²) in [5.74, 6) is -1.01. The van der Waals surface area contributed by atoms with Gasteiger partial charge >= 0.3 is 6.09 Å². The van der Waals surface area contributed by atoms with Crippen LogP contribution in [0.1, 0.15) is 30.9 Å². The number of nitrogens with zero attached hydrogens (tertiary/aromatic N) is 2. The Hall–Kier alpha value is -2.03. The predicted molar refractivity (Wildman–Crippen MR) is 98.4 cm³/mol. The molecule has 1 amide bonds. The molecule has 1 saturated heterocycles. The van der Waals surface area contributed by atoms with Gasteiger partial charge in [0.2, 0.25) is 0 Å². The van der Waals surface area contributed by atoms with E-state index in [1.807, 2.05) is 0 Å². The first-order chi connectivity index (χ1) is 13.5. The number of benzene rings is 1. The van der Waals surface area contributed by atoms with Gasteiger partial charge in [-0.3, -0.25) is 9.80 Å². The zero-order valence-electron chi connectivity index (χ0n) is 15.9. The number of carbonyl (C=O) groups excluding carboxylic acids is 1. The predicted octanol–water partition coefficient (Wildman–Crippen LogP) is 2.55. The van der Waals surface area contributed by atoms with E-state index in [0.29, 0.717) is 26.1 Å². The van der Waals surface area contributed by atoms with Gasteiger partial charge in [0.1, 0.15) is 17.7 Å². The molecule has 1 aromatic rings. The maximum atomic E-state index is 14.1. The lowest BCUT2D eigenvalue weighted by atomic mass is 9.93. The fraction of sp³-hybridized carbons (Fsp3) is 0.550. The summed E-state index contributed by atoms with van der Waals surface area (Å²) in [6.45, 7) is 2.46. The third-order valence-corrected chi connectivity index (χ3v) is 5.92. The van der Waals surface area contributed by atoms with E-state index in [4.69, 9.17) is 15.2 Å². The van der Waals surface area contributed by atoms with Gasteiger partial charge in [0.25, 0.3) is 0 Å². The SMILES string of the molecule is COC(=O)N1CCCC2=C1CN([C@H]1CO[C@H](c3cc(F)ccc3F)[C@@H](N)C1)C2. The van der Waals surface area contributed by atoms with Gasteiger partial charge < -0.3 is 15.2 Å². The molecule has 4 rings (SSSR count). The maximum absolute atomic E-state index is 14.1. The molecule has 3 heterocycles. The molecule has 0 bridgehead atoms. The summed E-state index contributed by atoms with van der Waals surface area (Å²) in [6, 6.07) is 2.97. The van der Waals surface area contributed by atoms with Gasteiger partial charge in [-0.1, -0.05) is 0 Å². The second kappa shape index (κ2) is 7.77. The lowest BCUT2D eigenvalue weighted by molar-refractivity contribution is -0.0468. The largest absolute Gasteiger partial charge is 0.452 e. The molecule has 0 aromatic heterocycles. The summed E-state index contributed by atoms with van der Waals surface area (Å²) in [6.07, 6.45) is 1.51. The first kappa shape index (κ1) is 19.3. The average Bonchev–Trinajstić information content (AvgIpc) is 3.13. The molecule has 28 heavy (non-hydrogen) atoms. The molecule has 152 valence electrons. The lowest BCUT2D eigenvalue weighted by Crippen LogP contribution is -2.49. The van der Waals surface area contributed by atoms with E-state index in [2.05, 4.69) is 4.90 Å². The maximum Gasteiger partial charge on any atom is 0.413 e. The summed E-state index contributed by atoms with van der Waals surface area (Å²) in [5, 5.41) is 0. The third kappa shape index (κ3) is 3.52. The fourth-order valence-corrected chi connectivity index (χ4v) is 4.50. The third-order valence-electron chi connectivity index (χ3n) is 5.92. The Bertz CT molecular complexity index is 801. The number of carbonyl (C=O) groups is 1. The van der Waals surface area contributed by atoms with Crippen molar-refractivity contribution in [3.05, 3.63) is 46.7 Å². The molecule has 6 nitrogen and oxygen atoms in total. The highest BCUT2D eigenvalue weighted by Crippen LogP contribution is 2.35. The monoisotopic (exact) mass is 393 g/mol. The molecule has 3 aliphatic rings. The van der Waals surface area contributed by atoms with Crippen molar-refractivity contribution in [1.29, 1.82) is 0 Å². The molecule has 8 heteroatoms. The molecule has 3 aliphatic heterocycles. The Kier molecular flexibility index (Phi) is 5.35. The molecule has 3 atom stereocenters. The highest BCUT2D eigenvalue weighted by atomic mass is 19.1. The number of rotatable bonds is 2. The molecular weight excluding hydrogens is 368 g/mol. The van der Waals surface area contributed by atoms with Gasteiger partial charge in [-0.2, -0.15) is 0 Å². The number of hydrogen-bond donors (Lipinski definition) is 1. The molecule has 2 N–H and O–H groups in total. The quantitative estimate of drug-likeness (QED) is 0.837. The number of halogens is 2. The van der Waals surface area contributed by atoms with Crippen LogP contribution in [0.25, 0.3) is 0 Å². The lowest BCUT2D eigenvalue weighted by Gasteiger charge is -2.39. The summed E-state index contributed by atoms with van der Waals surface area (Å²) in [7, 11) is 1.39. The van der Waals surface area contributed by atoms with Crippen LogP contribution in [0.15, 0.2) is 29.5 Å². The number of methoxy groups -OCH3 is 1. The minimum atomic E-state index is -0.663. The fourth-order valence-electron chi connectivity index (χ4n) is 4.50. The topological polar surface area (TPSA) is 68.0 Å². The Balaban J connectivity index is 1.43. The Morgan fingerprint density at radius 1 is 1.32 bits per heavy atom. The average molecular weight is 393 g/mol. The van der Waals surface area contributed by atoms with Crippen LogP contribution in [0.5, 0.6) is 0 Å². The smallest absolute Gasteiger partial charge is 0.413 e. The van der Waals surface area contributed by atoms with Gasteiger partial charge in [-0.05, 0) is 43.0 Å². The molecule has 0 aliphatic carbocycles. The van der Waals surface area contributed by atoms with E-state index >= 15 is 0 Å². The second-order valence-electron chi connectivity index (χ2n) is 7.65. The highest BCUT2D eigenvalue weighted by molar-refractivity contribution is 5.70. The van der Waals surface area contributed by atoms with Crippen molar-refractivity contribution >= 4 is 6.09 Å². The summed E-state index contributed by atoms with van der Waals surface area (Å²) in [5.41, 5.74) is 8.73. The molecule has 0 unspecified atom stereocenters. The molecule has 1 fully saturated rings. The van der Waals surface area contributed by atoms with Crippen LogP contribution >= 0.6 is 0 Å². The highest BCUT2D eigenvalue weighted by Gasteiger charge is 2.39. The number of nitrogens with two attached hydrogens (primary N) is 1. The van der Waals surface area contributed by atoms with Crippen molar-refractivity contribution in [2.45, 2.75) is 37.5 Å². The zero-order chi connectivity index (χ0) is 19.8. The van der Waals surface area contributed by atoms with Crippen molar-refractivity contribution in [1.82, 2.24) is 9.80 Å². The van der Waals surface area contributed by atoms with Crippen molar-refractivity contribution in [2.75, 3.05) is 33.4 Å². The van der Waals surface area contributed by atoms with Gasteiger partial charge in [-0.25, -0.2) is 13.6 Å². The van der Waals surface area contributed by atoms with E-state index in [1.54, 1.807) is 4.90 Å². The Morgan fingerprint density at radius 2 is 2.14 bits per heavy atom. The minimum Gasteiger partial charge on any atom is -0.452 e. The van der Waals surface area contributed by atoms with Crippen molar-refractivity contribution in [3.8, 4) is 0 Å². The van der Waals surface area contributed by atoms with Crippen LogP contribution in [0.4, 0.5) is 13.6 Å². The van der Waals surface area contributed by atoms with Crippen LogP contribution in [-0.4, -0.2) is 61.3 Å². The van der Waals surface area contributed by atoms with Crippen LogP contribution in [-0.2, 0) is 9.47 Å². The summed E-state index contributed by atoms with van der Waals surface area (Å²) >= 11 is 0. The van der Waals surface area contributed by atoms with E-state index in [1.165, 1.54) is 12.7 Å². The summed E-state index contributed by atoms with van der Waals surface area (Å²) in [4.78, 5) is 16.0. The zero-order valence-corrected chi connectivity index (χ0v) is 15.9. The van der Waals surface area contributed by atoms with Crippen molar-refractivity contribution in [2.24, 2.45) is 5.73 Å². The van der Waals surface area contributed by atoms with E-state index in [9.17, 15) is 13.6 Å². The van der Waals surface area contributed by atoms with Crippen molar-refractivity contribution < 1.29 is 23.0 Å². The molecule has 1 aromatic carbocycles. The summed E-state index contributed by atoms with van der Waals surface area (Å²) < 4.78 is 38.4. The van der Waals surface area contributed by atoms with E-state index < -0.39 is 23.8 Å². The standard InChI is InChI=1S/C20H25F2N3O3/c1-27-20(26)25-6-2-3-12-9-24(10-18(12)25)14-8-17(23)19(28-11-14)15-7-13(21)4-5-16(15)22/h4-5,7,14,17,19H,2-3,6,8-11,23H2,1H3/t14-,17+,19-/m1/s1. The molecule has 0 radical (unpaired) electrons. The molecule has 0 spiro atoms. The van der Waals surface area contributed by atoms with Crippen LogP contribution in [0.3, 0.4) is 0 Å².